The first-order valence-electron chi connectivity index (χ1n) is 7.31. The van der Waals surface area contributed by atoms with Crippen LogP contribution in [0.1, 0.15) is 24.2 Å². The van der Waals surface area contributed by atoms with Gasteiger partial charge in [-0.2, -0.15) is 0 Å². The van der Waals surface area contributed by atoms with E-state index < -0.39 is 0 Å². The average Bonchev–Trinajstić information content (AvgIpc) is 2.52. The van der Waals surface area contributed by atoms with Crippen molar-refractivity contribution in [1.82, 2.24) is 0 Å². The number of hydrogen-bond acceptors (Lipinski definition) is 3. The summed E-state index contributed by atoms with van der Waals surface area (Å²) in [4.78, 5) is 36.7. The van der Waals surface area contributed by atoms with Gasteiger partial charge in [-0.3, -0.25) is 14.4 Å². The minimum Gasteiger partial charge on any atom is -0.324 e. The number of hydrogen-bond donors (Lipinski definition) is 1. The van der Waals surface area contributed by atoms with Gasteiger partial charge in [0, 0.05) is 28.9 Å². The number of carbonyl (C=O) groups excluding carboxylic acids is 3. The molecule has 2 rings (SSSR count). The normalized spacial score (nSPS) is 10.1. The molecule has 0 aromatic heterocycles. The molecule has 0 heterocycles. The average molecular weight is 345 g/mol. The van der Waals surface area contributed by atoms with Gasteiger partial charge in [-0.25, -0.2) is 0 Å². The highest BCUT2D eigenvalue weighted by atomic mass is 35.5. The summed E-state index contributed by atoms with van der Waals surface area (Å²) < 4.78 is 0. The molecule has 24 heavy (non-hydrogen) atoms. The molecular weight excluding hydrogens is 328 g/mol. The van der Waals surface area contributed by atoms with Crippen LogP contribution in [0, 0.1) is 0 Å². The van der Waals surface area contributed by atoms with Crippen molar-refractivity contribution in [3.63, 3.8) is 0 Å². The van der Waals surface area contributed by atoms with E-state index in [9.17, 15) is 14.4 Å². The highest BCUT2D eigenvalue weighted by Gasteiger charge is 2.16. The van der Waals surface area contributed by atoms with Crippen LogP contribution in [0.2, 0.25) is 5.02 Å². The Morgan fingerprint density at radius 3 is 2.25 bits per heavy atom. The lowest BCUT2D eigenvalue weighted by molar-refractivity contribution is -0.120. The van der Waals surface area contributed by atoms with Gasteiger partial charge in [0.1, 0.15) is 6.54 Å². The Bertz CT molecular complexity index is 772. The second kappa shape index (κ2) is 7.75. The highest BCUT2D eigenvalue weighted by Crippen LogP contribution is 2.18. The zero-order valence-corrected chi connectivity index (χ0v) is 14.1. The van der Waals surface area contributed by atoms with Crippen molar-refractivity contribution in [3.8, 4) is 0 Å². The van der Waals surface area contributed by atoms with Crippen LogP contribution in [-0.4, -0.2) is 24.1 Å². The number of nitrogens with zero attached hydrogens (tertiary/aromatic N) is 1. The molecule has 6 heteroatoms. The van der Waals surface area contributed by atoms with Crippen LogP contribution in [0.5, 0.6) is 0 Å². The largest absolute Gasteiger partial charge is 0.324 e. The number of ketones is 1. The molecular formula is C18H17ClN2O3. The Labute approximate surface area is 145 Å². The highest BCUT2D eigenvalue weighted by molar-refractivity contribution is 6.30. The molecule has 0 aliphatic heterocycles. The molecule has 2 aromatic carbocycles. The van der Waals surface area contributed by atoms with E-state index >= 15 is 0 Å². The predicted molar refractivity (Wildman–Crippen MR) is 94.6 cm³/mol. The summed E-state index contributed by atoms with van der Waals surface area (Å²) >= 11 is 5.88. The van der Waals surface area contributed by atoms with Gasteiger partial charge in [-0.15, -0.1) is 0 Å². The van der Waals surface area contributed by atoms with Crippen LogP contribution >= 0.6 is 11.6 Å². The number of carbonyl (C=O) groups is 3. The standard InChI is InChI=1S/C18H17ClN2O3/c1-12(22)14-6-8-17(9-7-14)21(13(2)23)11-18(24)20-16-5-3-4-15(19)10-16/h3-10H,11H2,1-2H3,(H,20,24). The molecule has 0 unspecified atom stereocenters. The van der Waals surface area contributed by atoms with Crippen LogP contribution in [0.3, 0.4) is 0 Å². The third-order valence-electron chi connectivity index (χ3n) is 3.38. The topological polar surface area (TPSA) is 66.5 Å². The van der Waals surface area contributed by atoms with E-state index in [0.717, 1.165) is 0 Å². The lowest BCUT2D eigenvalue weighted by Gasteiger charge is -2.21. The van der Waals surface area contributed by atoms with Crippen LogP contribution in [0.15, 0.2) is 48.5 Å². The fourth-order valence-corrected chi connectivity index (χ4v) is 2.36. The summed E-state index contributed by atoms with van der Waals surface area (Å²) in [5.74, 6) is -0.676. The monoisotopic (exact) mass is 344 g/mol. The summed E-state index contributed by atoms with van der Waals surface area (Å²) in [6.45, 7) is 2.71. The van der Waals surface area contributed by atoms with Crippen molar-refractivity contribution in [1.29, 1.82) is 0 Å². The number of benzene rings is 2. The molecule has 0 bridgehead atoms. The lowest BCUT2D eigenvalue weighted by atomic mass is 10.1. The van der Waals surface area contributed by atoms with Crippen LogP contribution < -0.4 is 10.2 Å². The summed E-state index contributed by atoms with van der Waals surface area (Å²) in [6, 6.07) is 13.3. The predicted octanol–water partition coefficient (Wildman–Crippen LogP) is 3.53. The molecule has 1 N–H and O–H groups in total. The van der Waals surface area contributed by atoms with E-state index in [0.29, 0.717) is 22.0 Å². The Morgan fingerprint density at radius 2 is 1.71 bits per heavy atom. The number of amides is 2. The summed E-state index contributed by atoms with van der Waals surface area (Å²) in [5, 5.41) is 3.21. The molecule has 0 spiro atoms. The van der Waals surface area contributed by atoms with Crippen molar-refractivity contribution in [2.24, 2.45) is 0 Å². The number of nitrogens with one attached hydrogen (secondary N) is 1. The van der Waals surface area contributed by atoms with Crippen molar-refractivity contribution in [3.05, 3.63) is 59.1 Å². The first-order valence-corrected chi connectivity index (χ1v) is 7.69. The maximum Gasteiger partial charge on any atom is 0.244 e. The van der Waals surface area contributed by atoms with Gasteiger partial charge in [-0.1, -0.05) is 17.7 Å². The van der Waals surface area contributed by atoms with Crippen molar-refractivity contribution in [2.45, 2.75) is 13.8 Å². The maximum absolute atomic E-state index is 12.2. The molecule has 2 amide bonds. The van der Waals surface area contributed by atoms with E-state index in [-0.39, 0.29) is 24.1 Å². The Kier molecular flexibility index (Phi) is 5.71. The Morgan fingerprint density at radius 1 is 1.04 bits per heavy atom. The molecule has 0 saturated heterocycles. The van der Waals surface area contributed by atoms with Gasteiger partial charge in [-0.05, 0) is 49.4 Å². The van der Waals surface area contributed by atoms with E-state index in [1.54, 1.807) is 48.5 Å². The van der Waals surface area contributed by atoms with E-state index in [1.165, 1.54) is 18.7 Å². The van der Waals surface area contributed by atoms with Gasteiger partial charge in [0.05, 0.1) is 0 Å². The van der Waals surface area contributed by atoms with E-state index in [2.05, 4.69) is 5.32 Å². The zero-order chi connectivity index (χ0) is 17.7. The molecule has 0 aliphatic carbocycles. The third kappa shape index (κ3) is 4.67. The van der Waals surface area contributed by atoms with E-state index in [1.807, 2.05) is 0 Å². The zero-order valence-electron chi connectivity index (χ0n) is 13.4. The van der Waals surface area contributed by atoms with Crippen molar-refractivity contribution < 1.29 is 14.4 Å². The Hall–Kier alpha value is -2.66. The number of Topliss-reactive ketones (excluding diaryl/α,β-unsaturated/α-hetero) is 1. The first kappa shape index (κ1) is 17.7. The van der Waals surface area contributed by atoms with Crippen LogP contribution in [-0.2, 0) is 9.59 Å². The van der Waals surface area contributed by atoms with Crippen molar-refractivity contribution >= 4 is 40.6 Å². The number of rotatable bonds is 5. The minimum absolute atomic E-state index is 0.0605. The molecule has 0 aliphatic rings. The molecule has 0 atom stereocenters. The molecule has 5 nitrogen and oxygen atoms in total. The molecule has 2 aromatic rings. The maximum atomic E-state index is 12.2. The molecule has 0 saturated carbocycles. The van der Waals surface area contributed by atoms with Gasteiger partial charge >= 0.3 is 0 Å². The number of anilines is 2. The lowest BCUT2D eigenvalue weighted by Crippen LogP contribution is -2.36. The van der Waals surface area contributed by atoms with Crippen LogP contribution in [0.25, 0.3) is 0 Å². The Balaban J connectivity index is 2.11. The van der Waals surface area contributed by atoms with Gasteiger partial charge < -0.3 is 10.2 Å². The first-order chi connectivity index (χ1) is 11.4. The van der Waals surface area contributed by atoms with Crippen LogP contribution in [0.4, 0.5) is 11.4 Å². The molecule has 0 fully saturated rings. The number of halogens is 1. The summed E-state index contributed by atoms with van der Waals surface area (Å²) in [6.07, 6.45) is 0. The smallest absolute Gasteiger partial charge is 0.244 e. The minimum atomic E-state index is -0.344. The fourth-order valence-electron chi connectivity index (χ4n) is 2.17. The summed E-state index contributed by atoms with van der Waals surface area (Å²) in [5.41, 5.74) is 1.65. The second-order valence-corrected chi connectivity index (χ2v) is 5.70. The quantitative estimate of drug-likeness (QED) is 0.844. The molecule has 124 valence electrons. The van der Waals surface area contributed by atoms with Gasteiger partial charge in [0.2, 0.25) is 11.8 Å². The third-order valence-corrected chi connectivity index (χ3v) is 3.61. The van der Waals surface area contributed by atoms with Crippen molar-refractivity contribution in [2.75, 3.05) is 16.8 Å². The second-order valence-electron chi connectivity index (χ2n) is 5.27. The molecule has 0 radical (unpaired) electrons. The fraction of sp³-hybridized carbons (Fsp3) is 0.167. The van der Waals surface area contributed by atoms with Gasteiger partial charge in [0.15, 0.2) is 5.78 Å². The summed E-state index contributed by atoms with van der Waals surface area (Å²) in [7, 11) is 0. The van der Waals surface area contributed by atoms with Gasteiger partial charge in [0.25, 0.3) is 0 Å². The SMILES string of the molecule is CC(=O)c1ccc(N(CC(=O)Nc2cccc(Cl)c2)C(C)=O)cc1. The van der Waals surface area contributed by atoms with E-state index in [4.69, 9.17) is 11.6 Å².